The molecule has 9 heteroatoms. The average molecular weight is 382 g/mol. The van der Waals surface area contributed by atoms with Gasteiger partial charge in [-0.3, -0.25) is 25.1 Å². The number of carbonyl (C=O) groups excluding carboxylic acids is 2. The normalized spacial score (nSPS) is 16.7. The number of aromatic nitrogens is 1. The third-order valence-corrected chi connectivity index (χ3v) is 5.51. The molecule has 1 aliphatic rings. The first-order valence-electron chi connectivity index (χ1n) is 8.10. The molecular weight excluding hydrogens is 368 g/mol. The zero-order chi connectivity index (χ0) is 19.0. The van der Waals surface area contributed by atoms with Crippen LogP contribution in [0.25, 0.3) is 10.9 Å². The number of nitro groups is 1. The Balaban J connectivity index is 1.58. The maximum absolute atomic E-state index is 12.5. The first-order valence-corrected chi connectivity index (χ1v) is 9.14. The van der Waals surface area contributed by atoms with Gasteiger partial charge >= 0.3 is 0 Å². The van der Waals surface area contributed by atoms with Crippen LogP contribution in [0.4, 0.5) is 5.69 Å². The van der Waals surface area contributed by atoms with Crippen LogP contribution in [0, 0.1) is 10.1 Å². The Labute approximate surface area is 157 Å². The van der Waals surface area contributed by atoms with Gasteiger partial charge < -0.3 is 4.98 Å². The van der Waals surface area contributed by atoms with Gasteiger partial charge in [0.15, 0.2) is 0 Å². The standard InChI is InChI=1S/C18H14N4O4S/c23-16-10-27-18(14-9-19-15-4-2-1-3-13(14)15)21(16)20-17(24)11-5-7-12(8-6-11)22(25)26/h1-9,18-19H,10H2,(H,20,24)/t18-/m0/s1. The molecule has 2 heterocycles. The highest BCUT2D eigenvalue weighted by Gasteiger charge is 2.35. The number of non-ortho nitro benzene ring substituents is 1. The van der Waals surface area contributed by atoms with Crippen molar-refractivity contribution >= 4 is 40.2 Å². The number of para-hydroxylation sites is 1. The van der Waals surface area contributed by atoms with Crippen LogP contribution >= 0.6 is 11.8 Å². The van der Waals surface area contributed by atoms with Crippen LogP contribution in [-0.4, -0.2) is 32.5 Å². The molecule has 2 aromatic carbocycles. The summed E-state index contributed by atoms with van der Waals surface area (Å²) in [5.41, 5.74) is 4.64. The minimum atomic E-state index is -0.532. The lowest BCUT2D eigenvalue weighted by atomic mass is 10.1. The Morgan fingerprint density at radius 2 is 1.96 bits per heavy atom. The number of rotatable bonds is 4. The molecular formula is C18H14N4O4S. The van der Waals surface area contributed by atoms with Gasteiger partial charge in [-0.1, -0.05) is 18.2 Å². The molecule has 1 saturated heterocycles. The number of nitrogens with zero attached hydrogens (tertiary/aromatic N) is 2. The molecule has 0 radical (unpaired) electrons. The van der Waals surface area contributed by atoms with E-state index in [2.05, 4.69) is 10.4 Å². The number of thioether (sulfide) groups is 1. The minimum absolute atomic E-state index is 0.101. The number of H-pyrrole nitrogens is 1. The lowest BCUT2D eigenvalue weighted by molar-refractivity contribution is -0.384. The molecule has 1 atom stereocenters. The van der Waals surface area contributed by atoms with E-state index in [-0.39, 0.29) is 28.3 Å². The predicted molar refractivity (Wildman–Crippen MR) is 101 cm³/mol. The van der Waals surface area contributed by atoms with E-state index in [0.29, 0.717) is 0 Å². The van der Waals surface area contributed by atoms with Gasteiger partial charge in [-0.05, 0) is 18.2 Å². The summed E-state index contributed by atoms with van der Waals surface area (Å²) in [6, 6.07) is 13.0. The molecule has 2 N–H and O–H groups in total. The van der Waals surface area contributed by atoms with Crippen molar-refractivity contribution in [2.24, 2.45) is 0 Å². The fourth-order valence-electron chi connectivity index (χ4n) is 2.98. The van der Waals surface area contributed by atoms with E-state index >= 15 is 0 Å². The van der Waals surface area contributed by atoms with Crippen molar-refractivity contribution in [3.63, 3.8) is 0 Å². The van der Waals surface area contributed by atoms with Crippen molar-refractivity contribution in [2.45, 2.75) is 5.37 Å². The van der Waals surface area contributed by atoms with Crippen molar-refractivity contribution in [3.8, 4) is 0 Å². The highest BCUT2D eigenvalue weighted by atomic mass is 32.2. The number of nitro benzene ring substituents is 1. The number of carbonyl (C=O) groups is 2. The molecule has 0 saturated carbocycles. The van der Waals surface area contributed by atoms with Crippen LogP contribution in [0.1, 0.15) is 21.3 Å². The molecule has 27 heavy (non-hydrogen) atoms. The van der Waals surface area contributed by atoms with Crippen molar-refractivity contribution < 1.29 is 14.5 Å². The summed E-state index contributed by atoms with van der Waals surface area (Å²) >= 11 is 1.43. The van der Waals surface area contributed by atoms with Gasteiger partial charge in [0.25, 0.3) is 17.5 Å². The van der Waals surface area contributed by atoms with Gasteiger partial charge in [0.2, 0.25) is 0 Å². The second-order valence-corrected chi connectivity index (χ2v) is 7.03. The molecule has 1 aromatic heterocycles. The Bertz CT molecular complexity index is 1050. The van der Waals surface area contributed by atoms with Crippen LogP contribution in [0.3, 0.4) is 0 Å². The van der Waals surface area contributed by atoms with E-state index in [9.17, 15) is 19.7 Å². The van der Waals surface area contributed by atoms with E-state index in [1.807, 2.05) is 30.5 Å². The number of hydrogen-bond acceptors (Lipinski definition) is 5. The fraction of sp³-hybridized carbons (Fsp3) is 0.111. The molecule has 136 valence electrons. The second kappa shape index (κ2) is 6.76. The Hall–Kier alpha value is -3.33. The van der Waals surface area contributed by atoms with Crippen LogP contribution in [0.2, 0.25) is 0 Å². The molecule has 0 aliphatic carbocycles. The zero-order valence-electron chi connectivity index (χ0n) is 13.9. The summed E-state index contributed by atoms with van der Waals surface area (Å²) in [6.45, 7) is 0. The van der Waals surface area contributed by atoms with Crippen LogP contribution in [-0.2, 0) is 4.79 Å². The zero-order valence-corrected chi connectivity index (χ0v) is 14.7. The van der Waals surface area contributed by atoms with Gasteiger partial charge in [-0.15, -0.1) is 11.8 Å². The SMILES string of the molecule is O=C(NN1C(=O)CS[C@H]1c1c[nH]c2ccccc12)c1ccc([N+](=O)[O-])cc1. The lowest BCUT2D eigenvalue weighted by Gasteiger charge is -2.24. The second-order valence-electron chi connectivity index (χ2n) is 5.96. The van der Waals surface area contributed by atoms with Crippen molar-refractivity contribution in [3.05, 3.63) is 76.0 Å². The molecule has 3 aromatic rings. The van der Waals surface area contributed by atoms with E-state index in [4.69, 9.17) is 0 Å². The van der Waals surface area contributed by atoms with E-state index in [1.54, 1.807) is 0 Å². The Kier molecular flexibility index (Phi) is 4.28. The third kappa shape index (κ3) is 3.13. The smallest absolute Gasteiger partial charge is 0.269 e. The summed E-state index contributed by atoms with van der Waals surface area (Å²) in [5, 5.41) is 12.7. The summed E-state index contributed by atoms with van der Waals surface area (Å²) < 4.78 is 0. The fourth-order valence-corrected chi connectivity index (χ4v) is 4.12. The molecule has 0 bridgehead atoms. The predicted octanol–water partition coefficient (Wildman–Crippen LogP) is 3.00. The van der Waals surface area contributed by atoms with Gasteiger partial charge in [0.1, 0.15) is 5.37 Å². The largest absolute Gasteiger partial charge is 0.361 e. The molecule has 2 amide bonds. The first kappa shape index (κ1) is 17.1. The van der Waals surface area contributed by atoms with Gasteiger partial charge in [0, 0.05) is 40.4 Å². The van der Waals surface area contributed by atoms with E-state index in [1.165, 1.54) is 41.0 Å². The number of hydrogen-bond donors (Lipinski definition) is 2. The number of benzene rings is 2. The molecule has 1 fully saturated rings. The van der Waals surface area contributed by atoms with Crippen molar-refractivity contribution in [1.29, 1.82) is 0 Å². The third-order valence-electron chi connectivity index (χ3n) is 4.32. The highest BCUT2D eigenvalue weighted by Crippen LogP contribution is 2.40. The first-order chi connectivity index (χ1) is 13.0. The molecule has 8 nitrogen and oxygen atoms in total. The summed E-state index contributed by atoms with van der Waals surface area (Å²) in [6.07, 6.45) is 1.84. The Morgan fingerprint density at radius 3 is 2.70 bits per heavy atom. The number of fused-ring (bicyclic) bond motifs is 1. The monoisotopic (exact) mass is 382 g/mol. The number of amides is 2. The minimum Gasteiger partial charge on any atom is -0.361 e. The molecule has 4 rings (SSSR count). The van der Waals surface area contributed by atoms with Crippen molar-refractivity contribution in [1.82, 2.24) is 15.4 Å². The summed E-state index contributed by atoms with van der Waals surface area (Å²) in [5.74, 6) is -0.443. The van der Waals surface area contributed by atoms with Crippen LogP contribution < -0.4 is 5.43 Å². The van der Waals surface area contributed by atoms with Crippen LogP contribution in [0.15, 0.2) is 54.7 Å². The topological polar surface area (TPSA) is 108 Å². The van der Waals surface area contributed by atoms with Gasteiger partial charge in [-0.2, -0.15) is 0 Å². The van der Waals surface area contributed by atoms with E-state index < -0.39 is 10.8 Å². The van der Waals surface area contributed by atoms with Crippen molar-refractivity contribution in [2.75, 3.05) is 5.75 Å². The maximum Gasteiger partial charge on any atom is 0.269 e. The van der Waals surface area contributed by atoms with Gasteiger partial charge in [0.05, 0.1) is 10.7 Å². The molecule has 1 aliphatic heterocycles. The molecule has 0 spiro atoms. The average Bonchev–Trinajstić information content (AvgIpc) is 3.25. The number of nitrogens with one attached hydrogen (secondary N) is 2. The lowest BCUT2D eigenvalue weighted by Crippen LogP contribution is -2.44. The van der Waals surface area contributed by atoms with Crippen LogP contribution in [0.5, 0.6) is 0 Å². The highest BCUT2D eigenvalue weighted by molar-refractivity contribution is 8.00. The van der Waals surface area contributed by atoms with E-state index in [0.717, 1.165) is 16.5 Å². The maximum atomic E-state index is 12.5. The Morgan fingerprint density at radius 1 is 1.22 bits per heavy atom. The summed E-state index contributed by atoms with van der Waals surface area (Å²) in [7, 11) is 0. The summed E-state index contributed by atoms with van der Waals surface area (Å²) in [4.78, 5) is 38.2. The number of aromatic amines is 1. The van der Waals surface area contributed by atoms with Gasteiger partial charge in [-0.25, -0.2) is 5.01 Å². The quantitative estimate of drug-likeness (QED) is 0.533. The molecule has 0 unspecified atom stereocenters. The number of hydrazine groups is 1.